The monoisotopic (exact) mass is 845 g/mol. The summed E-state index contributed by atoms with van der Waals surface area (Å²) >= 11 is 0. The number of rotatable bonds is 18. The highest BCUT2D eigenvalue weighted by Gasteiger charge is 2.78. The summed E-state index contributed by atoms with van der Waals surface area (Å²) in [5, 5.41) is 23.8. The molecule has 3 saturated heterocycles. The minimum absolute atomic E-state index is 0.0314. The zero-order valence-electron chi connectivity index (χ0n) is 35.4. The fourth-order valence-corrected chi connectivity index (χ4v) is 9.71. The summed E-state index contributed by atoms with van der Waals surface area (Å²) in [6, 6.07) is 13.9. The van der Waals surface area contributed by atoms with Crippen LogP contribution in [-0.4, -0.2) is 125 Å². The van der Waals surface area contributed by atoms with Crippen molar-refractivity contribution in [1.29, 1.82) is 0 Å². The normalized spacial score (nSPS) is 28.8. The number of carbonyl (C=O) groups is 4. The molecule has 2 bridgehead atoms. The van der Waals surface area contributed by atoms with Gasteiger partial charge in [0, 0.05) is 38.1 Å². The Balaban J connectivity index is 1.10. The van der Waals surface area contributed by atoms with Crippen molar-refractivity contribution in [3.05, 3.63) is 77.5 Å². The number of aliphatic hydroxyl groups is 2. The summed E-state index contributed by atoms with van der Waals surface area (Å²) in [4.78, 5) is 65.5. The molecule has 15 heteroatoms. The van der Waals surface area contributed by atoms with Crippen molar-refractivity contribution in [3.63, 3.8) is 0 Å². The lowest BCUT2D eigenvalue weighted by Gasteiger charge is -2.50. The Morgan fingerprint density at radius 1 is 0.984 bits per heavy atom. The van der Waals surface area contributed by atoms with Crippen molar-refractivity contribution in [2.24, 2.45) is 17.3 Å². The zero-order valence-corrected chi connectivity index (χ0v) is 35.4. The van der Waals surface area contributed by atoms with E-state index in [9.17, 15) is 19.5 Å². The number of aliphatic hydroxyl groups excluding tert-OH is 2. The summed E-state index contributed by atoms with van der Waals surface area (Å²) in [6.45, 7) is 5.11. The lowest BCUT2D eigenvalue weighted by Crippen LogP contribution is -2.70. The SMILES string of the molecule is CN(C(=O)[C@@]12C[C@H]3OC(=O)[C@@H]1N(Cc1ccc(C=COCCO)cc1)O[C@@H]2[C@H]1OC(C2CC2)(C2CC2)O[C@H]13)[C@H](Cc1ccccc1)C(=O)N[C@H](CO)CCC(=O)OC(C)(C)C. The molecule has 6 fully saturated rings. The molecule has 0 radical (unpaired) electrons. The van der Waals surface area contributed by atoms with E-state index < -0.39 is 89.7 Å². The lowest BCUT2D eigenvalue weighted by molar-refractivity contribution is -0.235. The van der Waals surface area contributed by atoms with E-state index in [-0.39, 0.29) is 57.3 Å². The van der Waals surface area contributed by atoms with E-state index in [1.807, 2.05) is 54.6 Å². The van der Waals surface area contributed by atoms with Crippen molar-refractivity contribution in [3.8, 4) is 0 Å². The largest absolute Gasteiger partial charge is 0.499 e. The molecule has 2 aromatic carbocycles. The number of ether oxygens (including phenoxy) is 5. The number of nitrogens with one attached hydrogen (secondary N) is 1. The van der Waals surface area contributed by atoms with Gasteiger partial charge in [0.15, 0.2) is 11.8 Å². The van der Waals surface area contributed by atoms with Gasteiger partial charge in [0.1, 0.15) is 48.1 Å². The van der Waals surface area contributed by atoms with Gasteiger partial charge in [-0.3, -0.25) is 24.0 Å². The molecule has 3 aliphatic heterocycles. The molecule has 3 aliphatic carbocycles. The molecule has 0 spiro atoms. The van der Waals surface area contributed by atoms with Crippen LogP contribution in [0.15, 0.2) is 60.9 Å². The number of carbonyl (C=O) groups excluding carboxylic acids is 4. The summed E-state index contributed by atoms with van der Waals surface area (Å²) < 4.78 is 30.9. The molecule has 61 heavy (non-hydrogen) atoms. The average Bonchev–Trinajstić information content (AvgIpc) is 4.19. The number of likely N-dealkylation sites (N-methyl/N-ethyl adjacent to an activating group) is 1. The van der Waals surface area contributed by atoms with Crippen LogP contribution >= 0.6 is 0 Å². The third-order valence-corrected chi connectivity index (χ3v) is 12.8. The Labute approximate surface area is 356 Å². The van der Waals surface area contributed by atoms with E-state index >= 15 is 4.79 Å². The number of amides is 2. The molecule has 2 amide bonds. The van der Waals surface area contributed by atoms with Crippen LogP contribution in [-0.2, 0) is 60.7 Å². The van der Waals surface area contributed by atoms with Crippen LogP contribution in [0.1, 0.15) is 82.4 Å². The van der Waals surface area contributed by atoms with Crippen molar-refractivity contribution in [2.45, 2.75) is 133 Å². The highest BCUT2D eigenvalue weighted by molar-refractivity contribution is 5.96. The first-order chi connectivity index (χ1) is 29.3. The Morgan fingerprint density at radius 3 is 2.31 bits per heavy atom. The highest BCUT2D eigenvalue weighted by atomic mass is 16.8. The first kappa shape index (κ1) is 43.3. The minimum Gasteiger partial charge on any atom is -0.499 e. The minimum atomic E-state index is -1.52. The number of fused-ring (bicyclic) bond motifs is 4. The van der Waals surface area contributed by atoms with E-state index in [0.717, 1.165) is 42.4 Å². The maximum Gasteiger partial charge on any atom is 0.327 e. The van der Waals surface area contributed by atoms with Gasteiger partial charge in [0.2, 0.25) is 11.8 Å². The molecule has 8 rings (SSSR count). The Kier molecular flexibility index (Phi) is 12.4. The number of hydrogen-bond donors (Lipinski definition) is 3. The number of esters is 2. The maximum atomic E-state index is 15.7. The molecule has 2 aromatic rings. The van der Waals surface area contributed by atoms with Crippen LogP contribution in [0.4, 0.5) is 0 Å². The van der Waals surface area contributed by atoms with Gasteiger partial charge in [0.25, 0.3) is 0 Å². The first-order valence-corrected chi connectivity index (χ1v) is 21.7. The van der Waals surface area contributed by atoms with Crippen LogP contribution in [0.2, 0.25) is 0 Å². The molecule has 6 aliphatic rings. The second kappa shape index (κ2) is 17.4. The molecule has 3 heterocycles. The van der Waals surface area contributed by atoms with Crippen molar-refractivity contribution < 1.29 is 57.9 Å². The zero-order chi connectivity index (χ0) is 43.1. The van der Waals surface area contributed by atoms with Gasteiger partial charge in [-0.15, -0.1) is 0 Å². The lowest BCUT2D eigenvalue weighted by atomic mass is 9.62. The number of nitrogens with zero attached hydrogens (tertiary/aromatic N) is 2. The quantitative estimate of drug-likeness (QED) is 0.113. The van der Waals surface area contributed by atoms with E-state index in [1.165, 1.54) is 11.2 Å². The van der Waals surface area contributed by atoms with Gasteiger partial charge >= 0.3 is 11.9 Å². The molecule has 3 N–H and O–H groups in total. The van der Waals surface area contributed by atoms with E-state index in [2.05, 4.69) is 5.32 Å². The summed E-state index contributed by atoms with van der Waals surface area (Å²) in [5.74, 6) is -2.46. The average molecular weight is 846 g/mol. The van der Waals surface area contributed by atoms with E-state index in [1.54, 1.807) is 39.0 Å². The topological polar surface area (TPSA) is 183 Å². The maximum absolute atomic E-state index is 15.7. The Hall–Kier alpha value is -4.38. The molecule has 3 saturated carbocycles. The number of hydrogen-bond acceptors (Lipinski definition) is 13. The smallest absolute Gasteiger partial charge is 0.327 e. The van der Waals surface area contributed by atoms with Gasteiger partial charge in [0.05, 0.1) is 32.1 Å². The molecular weight excluding hydrogens is 787 g/mol. The van der Waals surface area contributed by atoms with Crippen molar-refractivity contribution in [2.75, 3.05) is 26.9 Å². The Morgan fingerprint density at radius 2 is 1.67 bits per heavy atom. The van der Waals surface area contributed by atoms with Crippen LogP contribution < -0.4 is 5.32 Å². The van der Waals surface area contributed by atoms with Gasteiger partial charge in [-0.2, -0.15) is 5.06 Å². The molecular formula is C46H59N3O12. The molecule has 0 aromatic heterocycles. The molecule has 330 valence electrons. The van der Waals surface area contributed by atoms with E-state index in [4.69, 9.17) is 33.6 Å². The molecule has 15 nitrogen and oxygen atoms in total. The van der Waals surface area contributed by atoms with Crippen molar-refractivity contribution >= 4 is 29.8 Å². The van der Waals surface area contributed by atoms with Crippen molar-refractivity contribution in [1.82, 2.24) is 15.3 Å². The predicted octanol–water partition coefficient (Wildman–Crippen LogP) is 3.44. The Bertz CT molecular complexity index is 1930. The van der Waals surface area contributed by atoms with Gasteiger partial charge in [-0.1, -0.05) is 54.6 Å². The third kappa shape index (κ3) is 8.82. The fraction of sp³-hybridized carbons (Fsp3) is 0.609. The van der Waals surface area contributed by atoms with Gasteiger partial charge in [-0.25, -0.2) is 0 Å². The molecule has 8 atom stereocenters. The van der Waals surface area contributed by atoms with Gasteiger partial charge < -0.3 is 44.1 Å². The second-order valence-electron chi connectivity index (χ2n) is 18.4. The molecule has 0 unspecified atom stereocenters. The predicted molar refractivity (Wildman–Crippen MR) is 218 cm³/mol. The van der Waals surface area contributed by atoms with Crippen LogP contribution in [0.25, 0.3) is 6.08 Å². The van der Waals surface area contributed by atoms with Crippen LogP contribution in [0.5, 0.6) is 0 Å². The third-order valence-electron chi connectivity index (χ3n) is 12.8. The standard InChI is InChI=1S/C46H59N3O12/c1-44(2,3)58-36(52)19-18-33(27-51)47-41(53)34(24-29-8-6-5-7-9-29)48(4)43(55)45-25-35-37-38(60-46(59-37,31-14-15-31)32-16-17-32)40(45)61-49(39(45)42(54)57-35)26-30-12-10-28(11-13-30)20-22-56-23-21-50/h5-13,20,22,31-35,37-40,50-51H,14-19,21,23-27H2,1-4H3,(H,47,53)/t33-,34+,35+,37-,38-,39-,40+,45-/m0/s1. The fourth-order valence-electron chi connectivity index (χ4n) is 9.71. The summed E-state index contributed by atoms with van der Waals surface area (Å²) in [6.07, 6.45) is 4.41. The number of hydroxylamine groups is 2. The first-order valence-electron chi connectivity index (χ1n) is 21.7. The number of benzene rings is 2. The van der Waals surface area contributed by atoms with Gasteiger partial charge in [-0.05, 0) is 75.6 Å². The van der Waals surface area contributed by atoms with Crippen LogP contribution in [0, 0.1) is 17.3 Å². The highest BCUT2D eigenvalue weighted by Crippen LogP contribution is 2.64. The second-order valence-corrected chi connectivity index (χ2v) is 18.4. The summed E-state index contributed by atoms with van der Waals surface area (Å²) in [7, 11) is 1.57. The van der Waals surface area contributed by atoms with E-state index in [0.29, 0.717) is 0 Å². The van der Waals surface area contributed by atoms with Crippen LogP contribution in [0.3, 0.4) is 0 Å². The summed E-state index contributed by atoms with van der Waals surface area (Å²) in [5.41, 5.74) is 0.262.